The maximum Gasteiger partial charge on any atom is 0.376 e. The lowest BCUT2D eigenvalue weighted by molar-refractivity contribution is -0.146. The summed E-state index contributed by atoms with van der Waals surface area (Å²) in [6.07, 6.45) is 7.37. The van der Waals surface area contributed by atoms with E-state index in [4.69, 9.17) is 9.84 Å². The van der Waals surface area contributed by atoms with Crippen LogP contribution in [-0.4, -0.2) is 53.1 Å². The summed E-state index contributed by atoms with van der Waals surface area (Å²) in [6, 6.07) is 0.355. The molecule has 7 nitrogen and oxygen atoms in total. The minimum atomic E-state index is -1.48. The highest BCUT2D eigenvalue weighted by Gasteiger charge is 2.20. The molecule has 2 heterocycles. The van der Waals surface area contributed by atoms with Crippen molar-refractivity contribution in [3.05, 3.63) is 24.0 Å². The number of anilines is 1. The van der Waals surface area contributed by atoms with Gasteiger partial charge in [-0.3, -0.25) is 4.79 Å². The average molecular weight is 291 g/mol. The standard InChI is InChI=1S/C14H17N3O4/c1-17(11-4-6-21-7-5-11)14-15-8-10(9-16-14)2-3-12(18)13(19)20/h2-3,8-9,11H,4-7H2,1H3,(H,19,20). The summed E-state index contributed by atoms with van der Waals surface area (Å²) in [5.74, 6) is -1.86. The zero-order chi connectivity index (χ0) is 15.2. The minimum Gasteiger partial charge on any atom is -0.475 e. The molecule has 1 fully saturated rings. The fraction of sp³-hybridized carbons (Fsp3) is 0.429. The van der Waals surface area contributed by atoms with E-state index in [1.165, 1.54) is 6.08 Å². The number of aromatic nitrogens is 2. The summed E-state index contributed by atoms with van der Waals surface area (Å²) in [4.78, 5) is 31.8. The number of ketones is 1. The molecule has 1 aliphatic heterocycles. The van der Waals surface area contributed by atoms with Crippen molar-refractivity contribution >= 4 is 23.8 Å². The molecule has 2 rings (SSSR count). The Morgan fingerprint density at radius 2 is 1.95 bits per heavy atom. The smallest absolute Gasteiger partial charge is 0.376 e. The molecule has 0 atom stereocenters. The van der Waals surface area contributed by atoms with Crippen LogP contribution in [-0.2, 0) is 14.3 Å². The molecule has 0 saturated carbocycles. The summed E-state index contributed by atoms with van der Waals surface area (Å²) >= 11 is 0. The van der Waals surface area contributed by atoms with Crippen LogP contribution < -0.4 is 4.90 Å². The zero-order valence-electron chi connectivity index (χ0n) is 11.7. The van der Waals surface area contributed by atoms with E-state index in [0.29, 0.717) is 17.6 Å². The fourth-order valence-corrected chi connectivity index (χ4v) is 2.08. The fourth-order valence-electron chi connectivity index (χ4n) is 2.08. The Kier molecular flexibility index (Phi) is 4.99. The number of rotatable bonds is 5. The normalized spacial score (nSPS) is 16.0. The maximum absolute atomic E-state index is 11.0. The molecule has 0 unspecified atom stereocenters. The summed E-state index contributed by atoms with van der Waals surface area (Å²) in [7, 11) is 1.94. The molecule has 21 heavy (non-hydrogen) atoms. The largest absolute Gasteiger partial charge is 0.475 e. The van der Waals surface area contributed by atoms with E-state index in [9.17, 15) is 9.59 Å². The Labute approximate surface area is 122 Å². The van der Waals surface area contributed by atoms with Gasteiger partial charge in [0, 0.05) is 44.3 Å². The molecule has 0 amide bonds. The Morgan fingerprint density at radius 1 is 1.33 bits per heavy atom. The first-order chi connectivity index (χ1) is 10.1. The van der Waals surface area contributed by atoms with Gasteiger partial charge in [-0.05, 0) is 25.0 Å². The molecule has 1 aliphatic rings. The first-order valence-electron chi connectivity index (χ1n) is 6.66. The molecule has 7 heteroatoms. The van der Waals surface area contributed by atoms with Crippen molar-refractivity contribution in [3.63, 3.8) is 0 Å². The Morgan fingerprint density at radius 3 is 2.52 bits per heavy atom. The van der Waals surface area contributed by atoms with Gasteiger partial charge in [-0.25, -0.2) is 14.8 Å². The first kappa shape index (κ1) is 15.1. The van der Waals surface area contributed by atoms with Crippen molar-refractivity contribution in [2.24, 2.45) is 0 Å². The van der Waals surface area contributed by atoms with Gasteiger partial charge in [0.25, 0.3) is 5.78 Å². The van der Waals surface area contributed by atoms with Crippen molar-refractivity contribution < 1.29 is 19.4 Å². The number of carboxylic acids is 1. The Balaban J connectivity index is 2.01. The number of hydrogen-bond donors (Lipinski definition) is 1. The van der Waals surface area contributed by atoms with Crippen molar-refractivity contribution in [1.29, 1.82) is 0 Å². The van der Waals surface area contributed by atoms with Crippen LogP contribution in [0, 0.1) is 0 Å². The molecule has 1 N–H and O–H groups in total. The number of nitrogens with zero attached hydrogens (tertiary/aromatic N) is 3. The SMILES string of the molecule is CN(c1ncc(C=CC(=O)C(=O)O)cn1)C1CCOCC1. The van der Waals surface area contributed by atoms with Crippen LogP contribution in [0.4, 0.5) is 5.95 Å². The van der Waals surface area contributed by atoms with Crippen LogP contribution in [0.5, 0.6) is 0 Å². The lowest BCUT2D eigenvalue weighted by atomic mass is 10.1. The molecular weight excluding hydrogens is 274 g/mol. The van der Waals surface area contributed by atoms with E-state index < -0.39 is 11.8 Å². The number of hydrogen-bond acceptors (Lipinski definition) is 6. The van der Waals surface area contributed by atoms with Crippen LogP contribution >= 0.6 is 0 Å². The summed E-state index contributed by atoms with van der Waals surface area (Å²) in [5, 5.41) is 8.47. The summed E-state index contributed by atoms with van der Waals surface area (Å²) in [6.45, 7) is 1.49. The van der Waals surface area contributed by atoms with Crippen molar-refractivity contribution in [1.82, 2.24) is 9.97 Å². The number of ether oxygens (including phenoxy) is 1. The van der Waals surface area contributed by atoms with Gasteiger partial charge in [-0.1, -0.05) is 0 Å². The molecule has 0 aliphatic carbocycles. The highest BCUT2D eigenvalue weighted by molar-refractivity contribution is 6.38. The third kappa shape index (κ3) is 4.09. The van der Waals surface area contributed by atoms with Gasteiger partial charge < -0.3 is 14.7 Å². The second kappa shape index (κ2) is 6.94. The third-order valence-electron chi connectivity index (χ3n) is 3.35. The maximum atomic E-state index is 11.0. The molecule has 112 valence electrons. The molecule has 0 bridgehead atoms. The predicted molar refractivity (Wildman–Crippen MR) is 76.0 cm³/mol. The van der Waals surface area contributed by atoms with Gasteiger partial charge in [0.2, 0.25) is 5.95 Å². The average Bonchev–Trinajstić information content (AvgIpc) is 2.53. The number of aliphatic carboxylic acids is 1. The van der Waals surface area contributed by atoms with E-state index in [1.54, 1.807) is 12.4 Å². The molecule has 1 aromatic heterocycles. The number of carboxylic acid groups (broad SMARTS) is 1. The van der Waals surface area contributed by atoms with Gasteiger partial charge in [-0.15, -0.1) is 0 Å². The lowest BCUT2D eigenvalue weighted by Crippen LogP contribution is -2.37. The second-order valence-corrected chi connectivity index (χ2v) is 4.77. The van der Waals surface area contributed by atoms with E-state index in [1.807, 2.05) is 11.9 Å². The lowest BCUT2D eigenvalue weighted by Gasteiger charge is -2.31. The van der Waals surface area contributed by atoms with Gasteiger partial charge in [-0.2, -0.15) is 0 Å². The first-order valence-corrected chi connectivity index (χ1v) is 6.66. The molecule has 0 aromatic carbocycles. The van der Waals surface area contributed by atoms with E-state index in [2.05, 4.69) is 9.97 Å². The highest BCUT2D eigenvalue weighted by Crippen LogP contribution is 2.17. The highest BCUT2D eigenvalue weighted by atomic mass is 16.5. The quantitative estimate of drug-likeness (QED) is 0.632. The number of carbonyl (C=O) groups excluding carboxylic acids is 1. The van der Waals surface area contributed by atoms with Crippen LogP contribution in [0.15, 0.2) is 18.5 Å². The van der Waals surface area contributed by atoms with Gasteiger partial charge in [0.15, 0.2) is 0 Å². The zero-order valence-corrected chi connectivity index (χ0v) is 11.7. The molecular formula is C14H17N3O4. The summed E-state index contributed by atoms with van der Waals surface area (Å²) < 4.78 is 5.32. The molecule has 0 spiro atoms. The Bertz CT molecular complexity index is 536. The minimum absolute atomic E-state index is 0.355. The third-order valence-corrected chi connectivity index (χ3v) is 3.35. The Hall–Kier alpha value is -2.28. The van der Waals surface area contributed by atoms with E-state index >= 15 is 0 Å². The van der Waals surface area contributed by atoms with Crippen LogP contribution in [0.25, 0.3) is 6.08 Å². The monoisotopic (exact) mass is 291 g/mol. The predicted octanol–water partition coefficient (Wildman–Crippen LogP) is 0.759. The second-order valence-electron chi connectivity index (χ2n) is 4.77. The van der Waals surface area contributed by atoms with E-state index in [-0.39, 0.29) is 0 Å². The van der Waals surface area contributed by atoms with Gasteiger partial charge in [0.05, 0.1) is 0 Å². The van der Waals surface area contributed by atoms with Crippen molar-refractivity contribution in [2.45, 2.75) is 18.9 Å². The number of carbonyl (C=O) groups is 2. The van der Waals surface area contributed by atoms with Gasteiger partial charge >= 0.3 is 5.97 Å². The van der Waals surface area contributed by atoms with Crippen molar-refractivity contribution in [3.8, 4) is 0 Å². The molecule has 1 saturated heterocycles. The van der Waals surface area contributed by atoms with Crippen LogP contribution in [0.1, 0.15) is 18.4 Å². The summed E-state index contributed by atoms with van der Waals surface area (Å²) in [5.41, 5.74) is 0.578. The molecule has 0 radical (unpaired) electrons. The van der Waals surface area contributed by atoms with Crippen LogP contribution in [0.3, 0.4) is 0 Å². The van der Waals surface area contributed by atoms with Gasteiger partial charge in [0.1, 0.15) is 0 Å². The van der Waals surface area contributed by atoms with Crippen molar-refractivity contribution in [2.75, 3.05) is 25.2 Å². The molecule has 1 aromatic rings. The topological polar surface area (TPSA) is 92.6 Å². The van der Waals surface area contributed by atoms with Crippen LogP contribution in [0.2, 0.25) is 0 Å². The van der Waals surface area contributed by atoms with E-state index in [0.717, 1.165) is 32.1 Å².